The topological polar surface area (TPSA) is 54.9 Å². The summed E-state index contributed by atoms with van der Waals surface area (Å²) in [4.78, 5) is 21.1. The van der Waals surface area contributed by atoms with E-state index in [1.807, 2.05) is 17.5 Å². The lowest BCUT2D eigenvalue weighted by molar-refractivity contribution is -0.121. The molecule has 1 N–H and O–H groups in total. The summed E-state index contributed by atoms with van der Waals surface area (Å²) in [5.74, 6) is 1.11. The van der Waals surface area contributed by atoms with Gasteiger partial charge in [-0.3, -0.25) is 9.78 Å². The Labute approximate surface area is 147 Å². The second kappa shape index (κ2) is 8.38. The Kier molecular flexibility index (Phi) is 5.96. The van der Waals surface area contributed by atoms with E-state index in [-0.39, 0.29) is 11.8 Å². The number of aromatic nitrogens is 2. The first kappa shape index (κ1) is 17.1. The third kappa shape index (κ3) is 4.41. The molecule has 128 valence electrons. The summed E-state index contributed by atoms with van der Waals surface area (Å²) in [7, 11) is 0. The van der Waals surface area contributed by atoms with Crippen molar-refractivity contribution >= 4 is 22.4 Å². The van der Waals surface area contributed by atoms with Crippen molar-refractivity contribution in [1.82, 2.24) is 9.97 Å². The third-order valence-electron chi connectivity index (χ3n) is 4.88. The van der Waals surface area contributed by atoms with Crippen molar-refractivity contribution in [2.45, 2.75) is 51.9 Å². The highest BCUT2D eigenvalue weighted by atomic mass is 32.1. The first-order valence-electron chi connectivity index (χ1n) is 8.93. The number of nitrogens with one attached hydrogen (secondary N) is 1. The number of anilines is 1. The van der Waals surface area contributed by atoms with Gasteiger partial charge in [0.1, 0.15) is 0 Å². The molecule has 5 heteroatoms. The molecular weight excluding hydrogens is 318 g/mol. The first-order chi connectivity index (χ1) is 11.8. The fraction of sp³-hybridized carbons (Fsp3) is 0.526. The lowest BCUT2D eigenvalue weighted by Gasteiger charge is -2.27. The van der Waals surface area contributed by atoms with E-state index >= 15 is 0 Å². The highest BCUT2D eigenvalue weighted by Crippen LogP contribution is 2.33. The van der Waals surface area contributed by atoms with Crippen LogP contribution in [0.1, 0.15) is 51.9 Å². The van der Waals surface area contributed by atoms with E-state index in [9.17, 15) is 4.79 Å². The van der Waals surface area contributed by atoms with Crippen LogP contribution in [0.2, 0.25) is 0 Å². The summed E-state index contributed by atoms with van der Waals surface area (Å²) < 4.78 is 0. The normalized spacial score (nSPS) is 20.7. The van der Waals surface area contributed by atoms with Gasteiger partial charge in [0, 0.05) is 29.3 Å². The van der Waals surface area contributed by atoms with Crippen molar-refractivity contribution in [2.24, 2.45) is 11.8 Å². The monoisotopic (exact) mass is 343 g/mol. The lowest BCUT2D eigenvalue weighted by Crippen LogP contribution is -2.27. The van der Waals surface area contributed by atoms with Crippen LogP contribution < -0.4 is 5.32 Å². The van der Waals surface area contributed by atoms with Crippen LogP contribution in [0.5, 0.6) is 0 Å². The van der Waals surface area contributed by atoms with E-state index < -0.39 is 0 Å². The summed E-state index contributed by atoms with van der Waals surface area (Å²) >= 11 is 1.48. The van der Waals surface area contributed by atoms with Gasteiger partial charge in [-0.05, 0) is 43.7 Å². The SMILES string of the molecule is CCCCC1CCC(C(=O)Nc2nc(-c3cccnc3)cs2)CC1. The molecule has 2 aromatic heterocycles. The van der Waals surface area contributed by atoms with Gasteiger partial charge in [0.05, 0.1) is 5.69 Å². The predicted molar refractivity (Wildman–Crippen MR) is 98.9 cm³/mol. The average molecular weight is 343 g/mol. The summed E-state index contributed by atoms with van der Waals surface area (Å²) in [6.45, 7) is 2.24. The van der Waals surface area contributed by atoms with Gasteiger partial charge < -0.3 is 5.32 Å². The maximum Gasteiger partial charge on any atom is 0.229 e. The van der Waals surface area contributed by atoms with E-state index in [4.69, 9.17) is 0 Å². The minimum atomic E-state index is 0.135. The number of hydrogen-bond donors (Lipinski definition) is 1. The zero-order valence-electron chi connectivity index (χ0n) is 14.2. The molecule has 1 aliphatic carbocycles. The number of carbonyl (C=O) groups excluding carboxylic acids is 1. The highest BCUT2D eigenvalue weighted by Gasteiger charge is 2.26. The maximum atomic E-state index is 12.5. The van der Waals surface area contributed by atoms with Crippen molar-refractivity contribution in [1.29, 1.82) is 0 Å². The summed E-state index contributed by atoms with van der Waals surface area (Å²) in [5, 5.41) is 5.66. The predicted octanol–water partition coefficient (Wildman–Crippen LogP) is 5.14. The molecule has 3 rings (SSSR count). The van der Waals surface area contributed by atoms with Crippen LogP contribution in [0, 0.1) is 11.8 Å². The van der Waals surface area contributed by atoms with Gasteiger partial charge in [-0.1, -0.05) is 26.2 Å². The number of amides is 1. The van der Waals surface area contributed by atoms with Crippen molar-refractivity contribution in [2.75, 3.05) is 5.32 Å². The second-order valence-corrected chi connectivity index (χ2v) is 7.49. The van der Waals surface area contributed by atoms with Gasteiger partial charge in [0.2, 0.25) is 5.91 Å². The Hall–Kier alpha value is -1.75. The second-order valence-electron chi connectivity index (χ2n) is 6.63. The van der Waals surface area contributed by atoms with Gasteiger partial charge in [-0.25, -0.2) is 4.98 Å². The fourth-order valence-electron chi connectivity index (χ4n) is 3.39. The molecule has 1 saturated carbocycles. The molecule has 4 nitrogen and oxygen atoms in total. The smallest absolute Gasteiger partial charge is 0.229 e. The first-order valence-corrected chi connectivity index (χ1v) is 9.81. The largest absolute Gasteiger partial charge is 0.302 e. The molecule has 0 aromatic carbocycles. The number of hydrogen-bond acceptors (Lipinski definition) is 4. The van der Waals surface area contributed by atoms with Crippen molar-refractivity contribution < 1.29 is 4.79 Å². The van der Waals surface area contributed by atoms with E-state index in [1.54, 1.807) is 12.4 Å². The molecule has 2 aromatic rings. The van der Waals surface area contributed by atoms with Gasteiger partial charge in [0.25, 0.3) is 0 Å². The summed E-state index contributed by atoms with van der Waals surface area (Å²) in [6.07, 6.45) is 11.9. The Morgan fingerprint density at radius 1 is 1.33 bits per heavy atom. The van der Waals surface area contributed by atoms with Crippen molar-refractivity contribution in [3.63, 3.8) is 0 Å². The molecule has 0 spiro atoms. The van der Waals surface area contributed by atoms with Crippen LogP contribution in [0.25, 0.3) is 11.3 Å². The zero-order valence-corrected chi connectivity index (χ0v) is 15.0. The molecule has 0 atom stereocenters. The lowest BCUT2D eigenvalue weighted by atomic mass is 9.79. The summed E-state index contributed by atoms with van der Waals surface area (Å²) in [6, 6.07) is 3.87. The van der Waals surface area contributed by atoms with Crippen LogP contribution in [0.3, 0.4) is 0 Å². The van der Waals surface area contributed by atoms with Gasteiger partial charge >= 0.3 is 0 Å². The van der Waals surface area contributed by atoms with Crippen LogP contribution in [-0.2, 0) is 4.79 Å². The minimum Gasteiger partial charge on any atom is -0.302 e. The Morgan fingerprint density at radius 2 is 2.17 bits per heavy atom. The van der Waals surface area contributed by atoms with Crippen LogP contribution >= 0.6 is 11.3 Å². The molecule has 2 heterocycles. The summed E-state index contributed by atoms with van der Waals surface area (Å²) in [5.41, 5.74) is 1.84. The molecule has 0 radical (unpaired) electrons. The van der Waals surface area contributed by atoms with Crippen molar-refractivity contribution in [3.8, 4) is 11.3 Å². The number of rotatable bonds is 6. The van der Waals surface area contributed by atoms with E-state index in [0.29, 0.717) is 5.13 Å². The number of unbranched alkanes of at least 4 members (excludes halogenated alkanes) is 1. The molecule has 1 aliphatic rings. The zero-order chi connectivity index (χ0) is 16.8. The van der Waals surface area contributed by atoms with Gasteiger partial charge in [0.15, 0.2) is 5.13 Å². The fourth-order valence-corrected chi connectivity index (χ4v) is 4.11. The third-order valence-corrected chi connectivity index (χ3v) is 5.63. The quantitative estimate of drug-likeness (QED) is 0.790. The van der Waals surface area contributed by atoms with Gasteiger partial charge in [-0.15, -0.1) is 11.3 Å². The average Bonchev–Trinajstić information content (AvgIpc) is 3.09. The molecule has 0 unspecified atom stereocenters. The Bertz CT molecular complexity index is 648. The van der Waals surface area contributed by atoms with Crippen LogP contribution in [0.15, 0.2) is 29.9 Å². The van der Waals surface area contributed by atoms with Crippen molar-refractivity contribution in [3.05, 3.63) is 29.9 Å². The number of carbonyl (C=O) groups is 1. The van der Waals surface area contributed by atoms with Gasteiger partial charge in [-0.2, -0.15) is 0 Å². The Balaban J connectivity index is 1.52. The molecule has 0 saturated heterocycles. The molecule has 1 amide bonds. The minimum absolute atomic E-state index is 0.135. The number of thiazole rings is 1. The molecule has 0 aliphatic heterocycles. The number of nitrogens with zero attached hydrogens (tertiary/aromatic N) is 2. The molecular formula is C19H25N3OS. The van der Waals surface area contributed by atoms with Crippen LogP contribution in [-0.4, -0.2) is 15.9 Å². The van der Waals surface area contributed by atoms with E-state index in [0.717, 1.165) is 30.0 Å². The highest BCUT2D eigenvalue weighted by molar-refractivity contribution is 7.14. The van der Waals surface area contributed by atoms with E-state index in [1.165, 1.54) is 43.4 Å². The molecule has 1 fully saturated rings. The van der Waals surface area contributed by atoms with E-state index in [2.05, 4.69) is 22.2 Å². The standard InChI is InChI=1S/C19H25N3OS/c1-2-3-5-14-7-9-15(10-8-14)18(23)22-19-21-17(13-24-19)16-6-4-11-20-12-16/h4,6,11-15H,2-3,5,7-10H2,1H3,(H,21,22,23). The Morgan fingerprint density at radius 3 is 2.88 bits per heavy atom. The number of pyridine rings is 1. The molecule has 24 heavy (non-hydrogen) atoms. The maximum absolute atomic E-state index is 12.5. The van der Waals surface area contributed by atoms with Crippen LogP contribution in [0.4, 0.5) is 5.13 Å². The molecule has 0 bridgehead atoms.